The largest absolute Gasteiger partial charge is 0.497 e. The Hall–Kier alpha value is -4.39. The first-order chi connectivity index (χ1) is 15.9. The van der Waals surface area contributed by atoms with Crippen LogP contribution in [0.25, 0.3) is 6.08 Å². The van der Waals surface area contributed by atoms with E-state index in [0.717, 1.165) is 16.7 Å². The molecular weight excluding hydrogens is 420 g/mol. The molecule has 1 aliphatic heterocycles. The predicted molar refractivity (Wildman–Crippen MR) is 124 cm³/mol. The van der Waals surface area contributed by atoms with Gasteiger partial charge in [-0.05, 0) is 71.3 Å². The maximum atomic E-state index is 12.9. The SMILES string of the molecule is COc1cccc(CC(=O)Nc2ccc3c(c2)CN(C(=O)c2ccc(C(=O)O)cc2)C=C3)c1. The fourth-order valence-corrected chi connectivity index (χ4v) is 3.62. The minimum Gasteiger partial charge on any atom is -0.497 e. The maximum Gasteiger partial charge on any atom is 0.335 e. The minimum atomic E-state index is -1.04. The minimum absolute atomic E-state index is 0.125. The molecule has 0 aliphatic carbocycles. The molecule has 0 saturated carbocycles. The molecule has 3 aromatic rings. The Bertz CT molecular complexity index is 1250. The van der Waals surface area contributed by atoms with E-state index in [2.05, 4.69) is 5.32 Å². The number of hydrogen-bond donors (Lipinski definition) is 2. The Kier molecular flexibility index (Phi) is 6.22. The fourth-order valence-electron chi connectivity index (χ4n) is 3.62. The van der Waals surface area contributed by atoms with E-state index in [0.29, 0.717) is 23.5 Å². The molecule has 33 heavy (non-hydrogen) atoms. The van der Waals surface area contributed by atoms with Gasteiger partial charge in [0.2, 0.25) is 5.91 Å². The standard InChI is InChI=1S/C26H22N2O5/c1-33-23-4-2-3-17(13-23)14-24(29)27-22-10-9-18-11-12-28(16-21(18)15-22)25(30)19-5-7-20(8-6-19)26(31)32/h2-13,15H,14,16H2,1H3,(H,27,29)(H,31,32). The van der Waals surface area contributed by atoms with Crippen LogP contribution < -0.4 is 10.1 Å². The summed E-state index contributed by atoms with van der Waals surface area (Å²) >= 11 is 0. The monoisotopic (exact) mass is 442 g/mol. The number of ether oxygens (including phenoxy) is 1. The summed E-state index contributed by atoms with van der Waals surface area (Å²) in [6.07, 6.45) is 3.76. The average Bonchev–Trinajstić information content (AvgIpc) is 2.83. The Balaban J connectivity index is 1.44. The molecule has 0 spiro atoms. The molecule has 7 heteroatoms. The lowest BCUT2D eigenvalue weighted by atomic mass is 10.0. The van der Waals surface area contributed by atoms with Gasteiger partial charge in [-0.3, -0.25) is 9.59 Å². The van der Waals surface area contributed by atoms with Crippen molar-refractivity contribution in [2.45, 2.75) is 13.0 Å². The van der Waals surface area contributed by atoms with Gasteiger partial charge in [-0.1, -0.05) is 18.2 Å². The first-order valence-electron chi connectivity index (χ1n) is 10.3. The third kappa shape index (κ3) is 5.10. The van der Waals surface area contributed by atoms with Gasteiger partial charge in [0.25, 0.3) is 5.91 Å². The van der Waals surface area contributed by atoms with E-state index < -0.39 is 5.97 Å². The van der Waals surface area contributed by atoms with Crippen molar-refractivity contribution in [3.05, 3.63) is 101 Å². The van der Waals surface area contributed by atoms with Gasteiger partial charge < -0.3 is 20.1 Å². The first-order valence-corrected chi connectivity index (χ1v) is 10.3. The number of fused-ring (bicyclic) bond motifs is 1. The van der Waals surface area contributed by atoms with E-state index in [-0.39, 0.29) is 23.8 Å². The van der Waals surface area contributed by atoms with Gasteiger partial charge in [0, 0.05) is 17.5 Å². The molecular formula is C26H22N2O5. The number of nitrogens with zero attached hydrogens (tertiary/aromatic N) is 1. The van der Waals surface area contributed by atoms with Crippen molar-refractivity contribution >= 4 is 29.5 Å². The molecule has 0 saturated heterocycles. The number of anilines is 1. The van der Waals surface area contributed by atoms with Crippen LogP contribution in [0.3, 0.4) is 0 Å². The Morgan fingerprint density at radius 3 is 2.48 bits per heavy atom. The molecule has 7 nitrogen and oxygen atoms in total. The maximum absolute atomic E-state index is 12.9. The van der Waals surface area contributed by atoms with Crippen LogP contribution in [0.2, 0.25) is 0 Å². The predicted octanol–water partition coefficient (Wildman–Crippen LogP) is 4.20. The Morgan fingerprint density at radius 2 is 1.76 bits per heavy atom. The molecule has 0 fully saturated rings. The second kappa shape index (κ2) is 9.40. The summed E-state index contributed by atoms with van der Waals surface area (Å²) in [7, 11) is 1.58. The zero-order valence-corrected chi connectivity index (χ0v) is 17.9. The third-order valence-corrected chi connectivity index (χ3v) is 5.34. The molecule has 166 valence electrons. The van der Waals surface area contributed by atoms with Crippen molar-refractivity contribution in [1.82, 2.24) is 4.90 Å². The molecule has 3 aromatic carbocycles. The van der Waals surface area contributed by atoms with Gasteiger partial charge in [-0.2, -0.15) is 0 Å². The van der Waals surface area contributed by atoms with E-state index in [1.54, 1.807) is 18.2 Å². The summed E-state index contributed by atoms with van der Waals surface area (Å²) in [5.41, 5.74) is 3.88. The molecule has 2 N–H and O–H groups in total. The van der Waals surface area contributed by atoms with E-state index in [9.17, 15) is 14.4 Å². The number of benzene rings is 3. The number of hydrogen-bond acceptors (Lipinski definition) is 4. The zero-order chi connectivity index (χ0) is 23.4. The normalized spacial score (nSPS) is 12.1. The van der Waals surface area contributed by atoms with Crippen molar-refractivity contribution < 1.29 is 24.2 Å². The zero-order valence-electron chi connectivity index (χ0n) is 17.9. The molecule has 0 aromatic heterocycles. The summed E-state index contributed by atoms with van der Waals surface area (Å²) in [6.45, 7) is 0.338. The van der Waals surface area contributed by atoms with Gasteiger partial charge in [-0.25, -0.2) is 4.79 Å². The summed E-state index contributed by atoms with van der Waals surface area (Å²) in [5, 5.41) is 11.9. The fraction of sp³-hybridized carbons (Fsp3) is 0.115. The lowest BCUT2D eigenvalue weighted by molar-refractivity contribution is -0.115. The van der Waals surface area contributed by atoms with Gasteiger partial charge in [0.05, 0.1) is 25.6 Å². The molecule has 0 bridgehead atoms. The first kappa shape index (κ1) is 21.8. The smallest absolute Gasteiger partial charge is 0.335 e. The number of aromatic carboxylic acids is 1. The Morgan fingerprint density at radius 1 is 1.00 bits per heavy atom. The van der Waals surface area contributed by atoms with E-state index >= 15 is 0 Å². The topological polar surface area (TPSA) is 95.9 Å². The third-order valence-electron chi connectivity index (χ3n) is 5.34. The highest BCUT2D eigenvalue weighted by Crippen LogP contribution is 2.25. The second-order valence-corrected chi connectivity index (χ2v) is 7.62. The number of carboxylic acid groups (broad SMARTS) is 1. The van der Waals surface area contributed by atoms with Crippen molar-refractivity contribution in [3.63, 3.8) is 0 Å². The molecule has 1 aliphatic rings. The highest BCUT2D eigenvalue weighted by Gasteiger charge is 2.19. The van der Waals surface area contributed by atoms with Crippen LogP contribution in [-0.2, 0) is 17.8 Å². The number of amides is 2. The number of nitrogens with one attached hydrogen (secondary N) is 1. The molecule has 0 radical (unpaired) electrons. The van der Waals surface area contributed by atoms with Crippen LogP contribution in [-0.4, -0.2) is 34.9 Å². The highest BCUT2D eigenvalue weighted by molar-refractivity contribution is 5.97. The van der Waals surface area contributed by atoms with Crippen molar-refractivity contribution in [1.29, 1.82) is 0 Å². The van der Waals surface area contributed by atoms with E-state index in [1.165, 1.54) is 24.3 Å². The van der Waals surface area contributed by atoms with Crippen LogP contribution >= 0.6 is 0 Å². The van der Waals surface area contributed by atoms with E-state index in [4.69, 9.17) is 9.84 Å². The summed E-state index contributed by atoms with van der Waals surface area (Å²) in [6, 6.07) is 18.8. The van der Waals surface area contributed by atoms with Gasteiger partial charge >= 0.3 is 5.97 Å². The number of carboxylic acids is 1. The van der Waals surface area contributed by atoms with Crippen molar-refractivity contribution in [2.24, 2.45) is 0 Å². The van der Waals surface area contributed by atoms with Crippen LogP contribution in [0.5, 0.6) is 5.75 Å². The van der Waals surface area contributed by atoms with Gasteiger partial charge in [0.1, 0.15) is 5.75 Å². The summed E-state index contributed by atoms with van der Waals surface area (Å²) in [4.78, 5) is 37.9. The number of methoxy groups -OCH3 is 1. The summed E-state index contributed by atoms with van der Waals surface area (Å²) < 4.78 is 5.20. The lowest BCUT2D eigenvalue weighted by Crippen LogP contribution is -2.27. The summed E-state index contributed by atoms with van der Waals surface area (Å²) in [5.74, 6) is -0.729. The van der Waals surface area contributed by atoms with Gasteiger partial charge in [-0.15, -0.1) is 0 Å². The quantitative estimate of drug-likeness (QED) is 0.597. The average molecular weight is 442 g/mol. The lowest BCUT2D eigenvalue weighted by Gasteiger charge is -2.24. The van der Waals surface area contributed by atoms with Crippen LogP contribution in [0.15, 0.2) is 72.9 Å². The van der Waals surface area contributed by atoms with Crippen LogP contribution in [0.1, 0.15) is 37.4 Å². The molecule has 0 unspecified atom stereocenters. The van der Waals surface area contributed by atoms with E-state index in [1.807, 2.05) is 48.5 Å². The molecule has 2 amide bonds. The highest BCUT2D eigenvalue weighted by atomic mass is 16.5. The second-order valence-electron chi connectivity index (χ2n) is 7.62. The number of carbonyl (C=O) groups excluding carboxylic acids is 2. The molecule has 4 rings (SSSR count). The molecule has 1 heterocycles. The Labute approximate surface area is 190 Å². The number of rotatable bonds is 6. The van der Waals surface area contributed by atoms with Crippen LogP contribution in [0, 0.1) is 0 Å². The molecule has 0 atom stereocenters. The van der Waals surface area contributed by atoms with Gasteiger partial charge in [0.15, 0.2) is 0 Å². The van der Waals surface area contributed by atoms with Crippen molar-refractivity contribution in [3.8, 4) is 5.75 Å². The van der Waals surface area contributed by atoms with Crippen LogP contribution in [0.4, 0.5) is 5.69 Å². The number of carbonyl (C=O) groups is 3. The van der Waals surface area contributed by atoms with Crippen molar-refractivity contribution in [2.75, 3.05) is 12.4 Å².